The quantitative estimate of drug-likeness (QED) is 0.770. The van der Waals surface area contributed by atoms with Crippen molar-refractivity contribution < 1.29 is 9.53 Å². The molecule has 0 rings (SSSR count). The highest BCUT2D eigenvalue weighted by Crippen LogP contribution is 2.20. The van der Waals surface area contributed by atoms with Crippen molar-refractivity contribution in [3.05, 3.63) is 23.8 Å². The molecule has 0 heterocycles. The summed E-state index contributed by atoms with van der Waals surface area (Å²) in [5.74, 6) is 0. The van der Waals surface area contributed by atoms with Gasteiger partial charge in [-0.3, -0.25) is 0 Å². The summed E-state index contributed by atoms with van der Waals surface area (Å²) in [5, 5.41) is 2.70. The molecule has 3 heteroatoms. The Kier molecular flexibility index (Phi) is 5.65. The highest BCUT2D eigenvalue weighted by molar-refractivity contribution is 5.68. The molecule has 0 aliphatic carbocycles. The molecule has 1 amide bonds. The summed E-state index contributed by atoms with van der Waals surface area (Å²) in [4.78, 5) is 11.5. The van der Waals surface area contributed by atoms with E-state index >= 15 is 0 Å². The molecule has 0 fully saturated rings. The zero-order valence-corrected chi connectivity index (χ0v) is 12.8. The Morgan fingerprint density at radius 3 is 2.11 bits per heavy atom. The fourth-order valence-corrected chi connectivity index (χ4v) is 1.38. The van der Waals surface area contributed by atoms with Crippen LogP contribution in [0.1, 0.15) is 48.5 Å². The normalized spacial score (nSPS) is 13.2. The minimum absolute atomic E-state index is 0.110. The molecule has 0 aliphatic heterocycles. The third-order valence-corrected chi connectivity index (χ3v) is 2.05. The number of amides is 1. The summed E-state index contributed by atoms with van der Waals surface area (Å²) < 4.78 is 5.16. The molecule has 1 N–H and O–H groups in total. The van der Waals surface area contributed by atoms with Crippen LogP contribution in [-0.4, -0.2) is 18.2 Å². The number of allylic oxidation sites excluding steroid dienone is 1. The number of hydrogen-bond acceptors (Lipinski definition) is 2. The second-order valence-electron chi connectivity index (χ2n) is 6.65. The largest absolute Gasteiger partial charge is 0.444 e. The molecule has 18 heavy (non-hydrogen) atoms. The molecule has 3 nitrogen and oxygen atoms in total. The van der Waals surface area contributed by atoms with Gasteiger partial charge in [-0.2, -0.15) is 0 Å². The molecular weight excluding hydrogens is 226 g/mol. The number of rotatable bonds is 3. The summed E-state index contributed by atoms with van der Waals surface area (Å²) in [7, 11) is 0. The van der Waals surface area contributed by atoms with Gasteiger partial charge in [-0.25, -0.2) is 4.79 Å². The molecule has 0 spiro atoms. The van der Waals surface area contributed by atoms with E-state index < -0.39 is 11.7 Å². The van der Waals surface area contributed by atoms with Gasteiger partial charge in [0.2, 0.25) is 0 Å². The van der Waals surface area contributed by atoms with E-state index in [1.54, 1.807) is 0 Å². The predicted octanol–water partition coefficient (Wildman–Crippen LogP) is 4.06. The first-order valence-corrected chi connectivity index (χ1v) is 6.25. The first-order chi connectivity index (χ1) is 7.91. The van der Waals surface area contributed by atoms with E-state index in [0.29, 0.717) is 6.54 Å². The summed E-state index contributed by atoms with van der Waals surface area (Å²) in [6, 6.07) is 0. The molecule has 0 aromatic rings. The molecule has 0 saturated heterocycles. The van der Waals surface area contributed by atoms with E-state index in [4.69, 9.17) is 4.74 Å². The topological polar surface area (TPSA) is 38.3 Å². The number of hydrogen-bond donors (Lipinski definition) is 1. The van der Waals surface area contributed by atoms with Crippen LogP contribution in [-0.2, 0) is 4.74 Å². The van der Waals surface area contributed by atoms with Crippen molar-refractivity contribution >= 4 is 6.09 Å². The van der Waals surface area contributed by atoms with Gasteiger partial charge in [0, 0.05) is 6.54 Å². The average Bonchev–Trinajstić information content (AvgIpc) is 2.08. The van der Waals surface area contributed by atoms with E-state index in [-0.39, 0.29) is 5.41 Å². The summed E-state index contributed by atoms with van der Waals surface area (Å²) >= 11 is 0. The Morgan fingerprint density at radius 2 is 1.72 bits per heavy atom. The third kappa shape index (κ3) is 8.85. The average molecular weight is 253 g/mol. The lowest BCUT2D eigenvalue weighted by molar-refractivity contribution is 0.0533. The number of ether oxygens (including phenoxy) is 1. The van der Waals surface area contributed by atoms with Crippen LogP contribution in [0.5, 0.6) is 0 Å². The maximum Gasteiger partial charge on any atom is 0.407 e. The molecule has 0 unspecified atom stereocenters. The number of carbonyl (C=O) groups is 1. The Bertz CT molecular complexity index is 340. The summed E-state index contributed by atoms with van der Waals surface area (Å²) in [5.41, 5.74) is 1.63. The number of nitrogens with one attached hydrogen (secondary N) is 1. The van der Waals surface area contributed by atoms with Gasteiger partial charge in [0.15, 0.2) is 0 Å². The van der Waals surface area contributed by atoms with Gasteiger partial charge in [0.25, 0.3) is 0 Å². The number of alkyl carbamates (subject to hydrolysis) is 1. The maximum absolute atomic E-state index is 11.5. The molecule has 0 saturated carbocycles. The smallest absolute Gasteiger partial charge is 0.407 e. The molecule has 0 aliphatic rings. The SMILES string of the molecule is C=C(CNC(=O)OC(C)(C)C)/C(C)=C\C(C)(C)C. The highest BCUT2D eigenvalue weighted by Gasteiger charge is 2.16. The second kappa shape index (κ2) is 6.07. The summed E-state index contributed by atoms with van der Waals surface area (Å²) in [6.07, 6.45) is 1.73. The van der Waals surface area contributed by atoms with Crippen LogP contribution in [0.25, 0.3) is 0 Å². The van der Waals surface area contributed by atoms with Crippen molar-refractivity contribution in [1.82, 2.24) is 5.32 Å². The molecule has 0 aromatic carbocycles. The Balaban J connectivity index is 4.28. The molecule has 104 valence electrons. The van der Waals surface area contributed by atoms with Crippen LogP contribution in [0.3, 0.4) is 0 Å². The Morgan fingerprint density at radius 1 is 1.22 bits per heavy atom. The molecule has 0 atom stereocenters. The van der Waals surface area contributed by atoms with Gasteiger partial charge in [0.05, 0.1) is 0 Å². The first kappa shape index (κ1) is 16.8. The van der Waals surface area contributed by atoms with Crippen molar-refractivity contribution in [2.75, 3.05) is 6.54 Å². The van der Waals surface area contributed by atoms with E-state index in [2.05, 4.69) is 38.7 Å². The van der Waals surface area contributed by atoms with Crippen LogP contribution in [0, 0.1) is 5.41 Å². The van der Waals surface area contributed by atoms with Gasteiger partial charge >= 0.3 is 6.09 Å². The van der Waals surface area contributed by atoms with E-state index in [9.17, 15) is 4.79 Å². The van der Waals surface area contributed by atoms with Crippen LogP contribution in [0.4, 0.5) is 4.79 Å². The molecule has 0 bridgehead atoms. The lowest BCUT2D eigenvalue weighted by Crippen LogP contribution is -2.33. The molecular formula is C15H27NO2. The minimum Gasteiger partial charge on any atom is -0.444 e. The lowest BCUT2D eigenvalue weighted by Gasteiger charge is -2.20. The zero-order chi connectivity index (χ0) is 14.6. The van der Waals surface area contributed by atoms with Crippen molar-refractivity contribution in [3.8, 4) is 0 Å². The Labute approximate surface area is 111 Å². The van der Waals surface area contributed by atoms with Crippen molar-refractivity contribution in [3.63, 3.8) is 0 Å². The lowest BCUT2D eigenvalue weighted by atomic mass is 9.92. The van der Waals surface area contributed by atoms with Gasteiger partial charge in [-0.05, 0) is 38.7 Å². The minimum atomic E-state index is -0.471. The van der Waals surface area contributed by atoms with Crippen LogP contribution in [0.15, 0.2) is 23.8 Å². The zero-order valence-electron chi connectivity index (χ0n) is 12.8. The van der Waals surface area contributed by atoms with Crippen LogP contribution >= 0.6 is 0 Å². The van der Waals surface area contributed by atoms with Crippen molar-refractivity contribution in [2.24, 2.45) is 5.41 Å². The molecule has 0 radical (unpaired) electrons. The van der Waals surface area contributed by atoms with Crippen LogP contribution < -0.4 is 5.32 Å². The van der Waals surface area contributed by atoms with E-state index in [1.807, 2.05) is 27.7 Å². The van der Waals surface area contributed by atoms with E-state index in [0.717, 1.165) is 11.1 Å². The molecule has 0 aromatic heterocycles. The fourth-order valence-electron chi connectivity index (χ4n) is 1.38. The second-order valence-corrected chi connectivity index (χ2v) is 6.65. The number of carbonyl (C=O) groups excluding carboxylic acids is 1. The van der Waals surface area contributed by atoms with Crippen LogP contribution in [0.2, 0.25) is 0 Å². The van der Waals surface area contributed by atoms with Crippen molar-refractivity contribution in [2.45, 2.75) is 54.1 Å². The predicted molar refractivity (Wildman–Crippen MR) is 76.6 cm³/mol. The monoisotopic (exact) mass is 253 g/mol. The third-order valence-electron chi connectivity index (χ3n) is 2.05. The Hall–Kier alpha value is -1.25. The van der Waals surface area contributed by atoms with Crippen molar-refractivity contribution in [1.29, 1.82) is 0 Å². The van der Waals surface area contributed by atoms with Gasteiger partial charge in [0.1, 0.15) is 5.60 Å². The van der Waals surface area contributed by atoms with Gasteiger partial charge < -0.3 is 10.1 Å². The van der Waals surface area contributed by atoms with Gasteiger partial charge in [-0.15, -0.1) is 0 Å². The fraction of sp³-hybridized carbons (Fsp3) is 0.667. The first-order valence-electron chi connectivity index (χ1n) is 6.25. The summed E-state index contributed by atoms with van der Waals surface area (Å²) in [6.45, 7) is 18.3. The standard InChI is InChI=1S/C15H27NO2/c1-11(9-14(3,4)5)12(2)10-16-13(17)18-15(6,7)8/h9H,2,10H2,1,3-8H3,(H,16,17)/b11-9-. The maximum atomic E-state index is 11.5. The highest BCUT2D eigenvalue weighted by atomic mass is 16.6. The van der Waals surface area contributed by atoms with E-state index in [1.165, 1.54) is 0 Å². The van der Waals surface area contributed by atoms with Gasteiger partial charge in [-0.1, -0.05) is 39.0 Å².